The van der Waals surface area contributed by atoms with Crippen molar-refractivity contribution < 1.29 is 0 Å². The van der Waals surface area contributed by atoms with Gasteiger partial charge in [0, 0.05) is 30.9 Å². The van der Waals surface area contributed by atoms with Crippen molar-refractivity contribution in [1.82, 2.24) is 4.90 Å². The highest BCUT2D eigenvalue weighted by Crippen LogP contribution is 2.26. The van der Waals surface area contributed by atoms with Crippen molar-refractivity contribution in [2.24, 2.45) is 0 Å². The molecule has 2 rings (SSSR count). The molecule has 0 radical (unpaired) electrons. The van der Waals surface area contributed by atoms with Crippen LogP contribution in [0.5, 0.6) is 0 Å². The van der Waals surface area contributed by atoms with Crippen molar-refractivity contribution >= 4 is 5.69 Å². The van der Waals surface area contributed by atoms with Crippen LogP contribution in [0, 0.1) is 25.2 Å². The summed E-state index contributed by atoms with van der Waals surface area (Å²) in [5, 5.41) is 8.98. The summed E-state index contributed by atoms with van der Waals surface area (Å²) in [6, 6.07) is 9.74. The van der Waals surface area contributed by atoms with Crippen molar-refractivity contribution in [3.8, 4) is 6.07 Å². The maximum absolute atomic E-state index is 8.98. The summed E-state index contributed by atoms with van der Waals surface area (Å²) in [6.07, 6.45) is 0.599. The lowest BCUT2D eigenvalue weighted by Gasteiger charge is -2.44. The third-order valence-electron chi connectivity index (χ3n) is 4.21. The average molecular weight is 257 g/mol. The number of piperazine rings is 1. The van der Waals surface area contributed by atoms with E-state index in [9.17, 15) is 0 Å². The van der Waals surface area contributed by atoms with Crippen LogP contribution in [0.4, 0.5) is 5.69 Å². The molecular weight excluding hydrogens is 234 g/mol. The molecule has 102 valence electrons. The monoisotopic (exact) mass is 257 g/mol. The van der Waals surface area contributed by atoms with Gasteiger partial charge in [-0.15, -0.1) is 0 Å². The fourth-order valence-corrected chi connectivity index (χ4v) is 2.94. The Bertz CT molecular complexity index is 489. The third kappa shape index (κ3) is 2.90. The fourth-order valence-electron chi connectivity index (χ4n) is 2.94. The van der Waals surface area contributed by atoms with Crippen LogP contribution in [-0.4, -0.2) is 37.1 Å². The van der Waals surface area contributed by atoms with Gasteiger partial charge in [-0.1, -0.05) is 17.7 Å². The Hall–Kier alpha value is -1.53. The van der Waals surface area contributed by atoms with Crippen LogP contribution in [0.1, 0.15) is 24.5 Å². The van der Waals surface area contributed by atoms with E-state index in [4.69, 9.17) is 5.26 Å². The highest BCUT2D eigenvalue weighted by atomic mass is 15.3. The fraction of sp³-hybridized carbons (Fsp3) is 0.562. The molecule has 0 bridgehead atoms. The van der Waals surface area contributed by atoms with Gasteiger partial charge in [0.1, 0.15) is 0 Å². The number of benzene rings is 1. The Morgan fingerprint density at radius 3 is 2.68 bits per heavy atom. The Morgan fingerprint density at radius 2 is 2.05 bits per heavy atom. The number of hydrogen-bond donors (Lipinski definition) is 0. The van der Waals surface area contributed by atoms with Crippen LogP contribution >= 0.6 is 0 Å². The van der Waals surface area contributed by atoms with E-state index in [1.807, 2.05) is 0 Å². The van der Waals surface area contributed by atoms with Gasteiger partial charge in [0.25, 0.3) is 0 Å². The predicted molar refractivity (Wildman–Crippen MR) is 79.4 cm³/mol. The van der Waals surface area contributed by atoms with Crippen molar-refractivity contribution in [2.75, 3.05) is 25.0 Å². The lowest BCUT2D eigenvalue weighted by molar-refractivity contribution is 0.160. The van der Waals surface area contributed by atoms with E-state index in [2.05, 4.69) is 61.9 Å². The molecule has 0 aromatic heterocycles. The smallest absolute Gasteiger partial charge is 0.0638 e. The normalized spacial score (nSPS) is 24.3. The second kappa shape index (κ2) is 5.63. The molecule has 3 nitrogen and oxygen atoms in total. The Labute approximate surface area is 116 Å². The average Bonchev–Trinajstić information content (AvgIpc) is 2.35. The third-order valence-corrected chi connectivity index (χ3v) is 4.21. The summed E-state index contributed by atoms with van der Waals surface area (Å²) in [6.45, 7) is 8.51. The number of likely N-dealkylation sites (N-methyl/N-ethyl adjacent to an activating group) is 1. The van der Waals surface area contributed by atoms with Gasteiger partial charge < -0.3 is 4.90 Å². The SMILES string of the molecule is Cc1ccc(N2CC(C)N(C)C(CC#N)C2)c(C)c1. The highest BCUT2D eigenvalue weighted by molar-refractivity contribution is 5.55. The minimum Gasteiger partial charge on any atom is -0.368 e. The van der Waals surface area contributed by atoms with Gasteiger partial charge in [-0.25, -0.2) is 0 Å². The number of rotatable bonds is 2. The Kier molecular flexibility index (Phi) is 4.11. The van der Waals surface area contributed by atoms with Gasteiger partial charge in [-0.05, 0) is 39.4 Å². The molecule has 1 fully saturated rings. The first-order valence-electron chi connectivity index (χ1n) is 6.94. The van der Waals surface area contributed by atoms with Crippen LogP contribution in [0.25, 0.3) is 0 Å². The number of aryl methyl sites for hydroxylation is 2. The van der Waals surface area contributed by atoms with Crippen LogP contribution in [0.3, 0.4) is 0 Å². The topological polar surface area (TPSA) is 30.3 Å². The molecule has 2 atom stereocenters. The predicted octanol–water partition coefficient (Wildman–Crippen LogP) is 2.73. The molecule has 0 amide bonds. The zero-order valence-corrected chi connectivity index (χ0v) is 12.3. The molecule has 1 saturated heterocycles. The summed E-state index contributed by atoms with van der Waals surface area (Å²) in [5.74, 6) is 0. The maximum atomic E-state index is 8.98. The van der Waals surface area contributed by atoms with Crippen LogP contribution < -0.4 is 4.90 Å². The molecule has 1 aliphatic rings. The first-order chi connectivity index (χ1) is 9.02. The van der Waals surface area contributed by atoms with E-state index in [1.165, 1.54) is 16.8 Å². The van der Waals surface area contributed by atoms with Crippen LogP contribution in [0.2, 0.25) is 0 Å². The molecule has 0 N–H and O–H groups in total. The lowest BCUT2D eigenvalue weighted by Crippen LogP contribution is -2.56. The van der Waals surface area contributed by atoms with E-state index in [0.717, 1.165) is 13.1 Å². The molecule has 1 heterocycles. The van der Waals surface area contributed by atoms with E-state index >= 15 is 0 Å². The van der Waals surface area contributed by atoms with E-state index < -0.39 is 0 Å². The molecule has 19 heavy (non-hydrogen) atoms. The van der Waals surface area contributed by atoms with E-state index in [1.54, 1.807) is 0 Å². The summed E-state index contributed by atoms with van der Waals surface area (Å²) in [5.41, 5.74) is 3.94. The van der Waals surface area contributed by atoms with E-state index in [0.29, 0.717) is 18.5 Å². The lowest BCUT2D eigenvalue weighted by atomic mass is 10.0. The van der Waals surface area contributed by atoms with Gasteiger partial charge in [0.15, 0.2) is 0 Å². The molecule has 0 saturated carbocycles. The Balaban J connectivity index is 2.23. The van der Waals surface area contributed by atoms with Gasteiger partial charge in [0.05, 0.1) is 12.5 Å². The first kappa shape index (κ1) is 13.9. The number of hydrogen-bond acceptors (Lipinski definition) is 3. The second-order valence-corrected chi connectivity index (χ2v) is 5.73. The van der Waals surface area contributed by atoms with Gasteiger partial charge in [0.2, 0.25) is 0 Å². The van der Waals surface area contributed by atoms with Crippen molar-refractivity contribution in [1.29, 1.82) is 5.26 Å². The zero-order chi connectivity index (χ0) is 14.0. The molecular formula is C16H23N3. The largest absolute Gasteiger partial charge is 0.368 e. The number of nitriles is 1. The summed E-state index contributed by atoms with van der Waals surface area (Å²) < 4.78 is 0. The van der Waals surface area contributed by atoms with Crippen molar-refractivity contribution in [3.05, 3.63) is 29.3 Å². The first-order valence-corrected chi connectivity index (χ1v) is 6.94. The summed E-state index contributed by atoms with van der Waals surface area (Å²) >= 11 is 0. The quantitative estimate of drug-likeness (QED) is 0.816. The van der Waals surface area contributed by atoms with Gasteiger partial charge >= 0.3 is 0 Å². The number of nitrogens with zero attached hydrogens (tertiary/aromatic N) is 3. The van der Waals surface area contributed by atoms with Gasteiger partial charge in [-0.2, -0.15) is 5.26 Å². The van der Waals surface area contributed by atoms with Gasteiger partial charge in [-0.3, -0.25) is 4.90 Å². The molecule has 1 aliphatic heterocycles. The molecule has 0 spiro atoms. The van der Waals surface area contributed by atoms with E-state index in [-0.39, 0.29) is 0 Å². The minimum atomic E-state index is 0.328. The molecule has 1 aromatic rings. The maximum Gasteiger partial charge on any atom is 0.0638 e. The van der Waals surface area contributed by atoms with Crippen molar-refractivity contribution in [3.63, 3.8) is 0 Å². The second-order valence-electron chi connectivity index (χ2n) is 5.73. The zero-order valence-electron chi connectivity index (χ0n) is 12.3. The molecule has 1 aromatic carbocycles. The van der Waals surface area contributed by atoms with Crippen LogP contribution in [-0.2, 0) is 0 Å². The summed E-state index contributed by atoms with van der Waals surface area (Å²) in [7, 11) is 2.13. The van der Waals surface area contributed by atoms with Crippen molar-refractivity contribution in [2.45, 2.75) is 39.3 Å². The molecule has 0 aliphatic carbocycles. The Morgan fingerprint density at radius 1 is 1.32 bits per heavy atom. The molecule has 2 unspecified atom stereocenters. The highest BCUT2D eigenvalue weighted by Gasteiger charge is 2.29. The summed E-state index contributed by atoms with van der Waals surface area (Å²) in [4.78, 5) is 4.77. The standard InChI is InChI=1S/C16H23N3/c1-12-5-6-16(13(2)9-12)19-10-14(3)18(4)15(11-19)7-8-17/h5-6,9,14-15H,7,10-11H2,1-4H3. The minimum absolute atomic E-state index is 0.328. The van der Waals surface area contributed by atoms with Crippen LogP contribution in [0.15, 0.2) is 18.2 Å². The molecule has 3 heteroatoms. The number of anilines is 1.